The third-order valence-electron chi connectivity index (χ3n) is 4.14. The van der Waals surface area contributed by atoms with E-state index in [1.165, 1.54) is 11.3 Å². The Morgan fingerprint density at radius 1 is 1.26 bits per heavy atom. The molecule has 2 aromatic heterocycles. The summed E-state index contributed by atoms with van der Waals surface area (Å²) >= 11 is 0. The molecule has 0 fully saturated rings. The Morgan fingerprint density at radius 3 is 3.00 bits per heavy atom. The van der Waals surface area contributed by atoms with Gasteiger partial charge >= 0.3 is 0 Å². The van der Waals surface area contributed by atoms with E-state index in [4.69, 9.17) is 5.10 Å². The molecule has 120 valence electrons. The van der Waals surface area contributed by atoms with Crippen molar-refractivity contribution in [1.29, 1.82) is 0 Å². The lowest BCUT2D eigenvalue weighted by atomic mass is 10.1. The van der Waals surface area contributed by atoms with Gasteiger partial charge in [0.15, 0.2) is 5.82 Å². The Morgan fingerprint density at radius 2 is 2.17 bits per heavy atom. The average molecular weight is 330 g/mol. The first kappa shape index (κ1) is 15.8. The van der Waals surface area contributed by atoms with Gasteiger partial charge in [-0.3, -0.25) is 9.25 Å². The van der Waals surface area contributed by atoms with E-state index in [0.717, 1.165) is 43.3 Å². The van der Waals surface area contributed by atoms with Crippen LogP contribution in [-0.4, -0.2) is 25.9 Å². The minimum Gasteiger partial charge on any atom is -0.309 e. The van der Waals surface area contributed by atoms with Crippen molar-refractivity contribution in [2.45, 2.75) is 26.4 Å². The molecule has 4 rings (SSSR count). The number of hydrogen-bond donors (Lipinski definition) is 1. The highest BCUT2D eigenvalue weighted by Gasteiger charge is 2.16. The van der Waals surface area contributed by atoms with Crippen molar-refractivity contribution >= 4 is 12.4 Å². The van der Waals surface area contributed by atoms with E-state index in [1.54, 1.807) is 0 Å². The van der Waals surface area contributed by atoms with Gasteiger partial charge in [-0.15, -0.1) is 12.4 Å². The summed E-state index contributed by atoms with van der Waals surface area (Å²) in [6, 6.07) is 10.7. The standard InChI is InChI=1S/C17H19N5.ClH/c1-2-13-4-3-5-14(10-13)21-8-7-19-17(21)16-11-15-12-18-6-9-22(15)20-16;/h3-5,7-8,10-11,18H,2,6,9,12H2,1H3;1H. The second-order valence-corrected chi connectivity index (χ2v) is 5.57. The summed E-state index contributed by atoms with van der Waals surface area (Å²) < 4.78 is 4.19. The second-order valence-electron chi connectivity index (χ2n) is 5.57. The minimum atomic E-state index is 0. The van der Waals surface area contributed by atoms with Gasteiger partial charge in [0.1, 0.15) is 5.69 Å². The van der Waals surface area contributed by atoms with E-state index in [2.05, 4.69) is 56.8 Å². The number of aromatic nitrogens is 4. The van der Waals surface area contributed by atoms with Crippen molar-refractivity contribution < 1.29 is 0 Å². The van der Waals surface area contributed by atoms with Crippen LogP contribution in [-0.2, 0) is 19.5 Å². The molecule has 1 aromatic carbocycles. The maximum absolute atomic E-state index is 4.72. The summed E-state index contributed by atoms with van der Waals surface area (Å²) in [5.41, 5.74) is 4.62. The number of nitrogens with one attached hydrogen (secondary N) is 1. The number of imidazole rings is 1. The zero-order chi connectivity index (χ0) is 14.9. The molecule has 0 saturated carbocycles. The van der Waals surface area contributed by atoms with Crippen LogP contribution in [0.2, 0.25) is 0 Å². The zero-order valence-corrected chi connectivity index (χ0v) is 13.9. The van der Waals surface area contributed by atoms with E-state index in [1.807, 2.05) is 12.4 Å². The first-order valence-electron chi connectivity index (χ1n) is 7.75. The molecule has 5 nitrogen and oxygen atoms in total. The van der Waals surface area contributed by atoms with Crippen molar-refractivity contribution in [3.05, 3.63) is 54.0 Å². The van der Waals surface area contributed by atoms with E-state index < -0.39 is 0 Å². The van der Waals surface area contributed by atoms with Crippen LogP contribution >= 0.6 is 12.4 Å². The molecule has 0 atom stereocenters. The van der Waals surface area contributed by atoms with E-state index >= 15 is 0 Å². The molecule has 0 unspecified atom stereocenters. The molecule has 3 aromatic rings. The number of halogens is 1. The van der Waals surface area contributed by atoms with Crippen LogP contribution in [0.3, 0.4) is 0 Å². The summed E-state index contributed by atoms with van der Waals surface area (Å²) in [5.74, 6) is 0.898. The Balaban J connectivity index is 0.00000156. The number of fused-ring (bicyclic) bond motifs is 1. The van der Waals surface area contributed by atoms with Crippen molar-refractivity contribution in [2.75, 3.05) is 6.54 Å². The molecule has 0 saturated heterocycles. The Kier molecular flexibility index (Phi) is 4.50. The summed E-state index contributed by atoms with van der Waals surface area (Å²) in [6.45, 7) is 4.94. The van der Waals surface area contributed by atoms with Crippen LogP contribution in [0.5, 0.6) is 0 Å². The normalized spacial score (nSPS) is 13.4. The van der Waals surface area contributed by atoms with Crippen molar-refractivity contribution in [3.8, 4) is 17.2 Å². The summed E-state index contributed by atoms with van der Waals surface area (Å²) in [7, 11) is 0. The van der Waals surface area contributed by atoms with E-state index in [0.29, 0.717) is 0 Å². The van der Waals surface area contributed by atoms with Gasteiger partial charge in [-0.2, -0.15) is 5.10 Å². The van der Waals surface area contributed by atoms with Crippen LogP contribution in [0.25, 0.3) is 17.2 Å². The molecular formula is C17H20ClN5. The highest BCUT2D eigenvalue weighted by Crippen LogP contribution is 2.22. The van der Waals surface area contributed by atoms with Crippen LogP contribution < -0.4 is 5.32 Å². The van der Waals surface area contributed by atoms with Crippen molar-refractivity contribution in [1.82, 2.24) is 24.6 Å². The lowest BCUT2D eigenvalue weighted by Gasteiger charge is -2.13. The highest BCUT2D eigenvalue weighted by molar-refractivity contribution is 5.85. The van der Waals surface area contributed by atoms with Gasteiger partial charge in [0.2, 0.25) is 0 Å². The predicted molar refractivity (Wildman–Crippen MR) is 93.1 cm³/mol. The lowest BCUT2D eigenvalue weighted by molar-refractivity contribution is 0.476. The number of hydrogen-bond acceptors (Lipinski definition) is 3. The molecule has 23 heavy (non-hydrogen) atoms. The molecular weight excluding hydrogens is 310 g/mol. The fraction of sp³-hybridized carbons (Fsp3) is 0.294. The highest BCUT2D eigenvalue weighted by atomic mass is 35.5. The molecule has 1 aliphatic rings. The maximum atomic E-state index is 4.72. The molecule has 6 heteroatoms. The molecule has 3 heterocycles. The molecule has 0 aliphatic carbocycles. The first-order chi connectivity index (χ1) is 10.8. The SMILES string of the molecule is CCc1cccc(-n2ccnc2-c2cc3n(n2)CCNC3)c1.Cl. The Labute approximate surface area is 141 Å². The van der Waals surface area contributed by atoms with Gasteiger partial charge in [-0.05, 0) is 30.2 Å². The van der Waals surface area contributed by atoms with Gasteiger partial charge in [-0.25, -0.2) is 4.98 Å². The molecule has 0 bridgehead atoms. The van der Waals surface area contributed by atoms with Crippen LogP contribution in [0.1, 0.15) is 18.2 Å². The van der Waals surface area contributed by atoms with Crippen LogP contribution in [0.15, 0.2) is 42.7 Å². The van der Waals surface area contributed by atoms with Gasteiger partial charge in [0, 0.05) is 31.2 Å². The molecule has 1 N–H and O–H groups in total. The van der Waals surface area contributed by atoms with Gasteiger partial charge in [-0.1, -0.05) is 19.1 Å². The average Bonchev–Trinajstić information content (AvgIpc) is 3.21. The van der Waals surface area contributed by atoms with Crippen molar-refractivity contribution in [3.63, 3.8) is 0 Å². The number of benzene rings is 1. The van der Waals surface area contributed by atoms with E-state index in [-0.39, 0.29) is 12.4 Å². The molecule has 0 radical (unpaired) electrons. The lowest BCUT2D eigenvalue weighted by Crippen LogP contribution is -2.28. The Bertz CT molecular complexity index is 781. The van der Waals surface area contributed by atoms with Gasteiger partial charge in [0.05, 0.1) is 12.2 Å². The number of aryl methyl sites for hydroxylation is 1. The van der Waals surface area contributed by atoms with E-state index in [9.17, 15) is 0 Å². The van der Waals surface area contributed by atoms with Gasteiger partial charge in [0.25, 0.3) is 0 Å². The second kappa shape index (κ2) is 6.56. The minimum absolute atomic E-state index is 0. The molecule has 0 spiro atoms. The summed E-state index contributed by atoms with van der Waals surface area (Å²) in [5, 5.41) is 8.09. The molecule has 1 aliphatic heterocycles. The van der Waals surface area contributed by atoms with Crippen molar-refractivity contribution in [2.24, 2.45) is 0 Å². The summed E-state index contributed by atoms with van der Waals surface area (Å²) in [4.78, 5) is 4.53. The monoisotopic (exact) mass is 329 g/mol. The summed E-state index contributed by atoms with van der Waals surface area (Å²) in [6.07, 6.45) is 4.87. The third kappa shape index (κ3) is 2.90. The predicted octanol–water partition coefficient (Wildman–Crippen LogP) is 2.82. The topological polar surface area (TPSA) is 47.7 Å². The zero-order valence-electron chi connectivity index (χ0n) is 13.1. The third-order valence-corrected chi connectivity index (χ3v) is 4.14. The fourth-order valence-electron chi connectivity index (χ4n) is 2.93. The first-order valence-corrected chi connectivity index (χ1v) is 7.75. The van der Waals surface area contributed by atoms with Crippen LogP contribution in [0, 0.1) is 0 Å². The number of nitrogens with zero attached hydrogens (tertiary/aromatic N) is 4. The van der Waals surface area contributed by atoms with Gasteiger partial charge < -0.3 is 5.32 Å². The fourth-order valence-corrected chi connectivity index (χ4v) is 2.93. The molecule has 0 amide bonds. The quantitative estimate of drug-likeness (QED) is 0.803. The number of rotatable bonds is 3. The maximum Gasteiger partial charge on any atom is 0.165 e. The largest absolute Gasteiger partial charge is 0.309 e. The smallest absolute Gasteiger partial charge is 0.165 e. The van der Waals surface area contributed by atoms with Crippen LogP contribution in [0.4, 0.5) is 0 Å². The Hall–Kier alpha value is -2.11.